The molecule has 2 aromatic carbocycles. The van der Waals surface area contributed by atoms with Gasteiger partial charge in [0.25, 0.3) is 0 Å². The maximum atomic E-state index is 11.0. The van der Waals surface area contributed by atoms with Gasteiger partial charge in [0.1, 0.15) is 5.75 Å². The predicted octanol–water partition coefficient (Wildman–Crippen LogP) is 3.72. The van der Waals surface area contributed by atoms with Crippen LogP contribution in [0.5, 0.6) is 11.5 Å². The molecule has 0 aliphatic carbocycles. The van der Waals surface area contributed by atoms with Crippen molar-refractivity contribution in [3.05, 3.63) is 63.7 Å². The number of nitro benzene ring substituents is 1. The molecule has 5 heteroatoms. The lowest BCUT2D eigenvalue weighted by molar-refractivity contribution is -0.385. The lowest BCUT2D eigenvalue weighted by Crippen LogP contribution is -2.06. The molecule has 2 N–H and O–H groups in total. The molecule has 104 valence electrons. The summed E-state index contributed by atoms with van der Waals surface area (Å²) >= 11 is 0. The van der Waals surface area contributed by atoms with Crippen molar-refractivity contribution >= 4 is 5.69 Å². The molecule has 0 saturated heterocycles. The predicted molar refractivity (Wildman–Crippen MR) is 77.0 cm³/mol. The van der Waals surface area contributed by atoms with Gasteiger partial charge in [0.05, 0.1) is 4.92 Å². The quantitative estimate of drug-likeness (QED) is 0.679. The highest BCUT2D eigenvalue weighted by Gasteiger charge is 2.17. The summed E-state index contributed by atoms with van der Waals surface area (Å²) in [7, 11) is 0. The lowest BCUT2D eigenvalue weighted by atomic mass is 10.1. The summed E-state index contributed by atoms with van der Waals surface area (Å²) in [6.45, 7) is 3.70. The molecule has 0 aromatic heterocycles. The van der Waals surface area contributed by atoms with Crippen molar-refractivity contribution in [2.24, 2.45) is 5.73 Å². The zero-order valence-electron chi connectivity index (χ0n) is 11.4. The Morgan fingerprint density at radius 2 is 1.90 bits per heavy atom. The van der Waals surface area contributed by atoms with Gasteiger partial charge in [-0.15, -0.1) is 0 Å². The number of benzene rings is 2. The van der Waals surface area contributed by atoms with Crippen LogP contribution in [0.3, 0.4) is 0 Å². The van der Waals surface area contributed by atoms with Crippen molar-refractivity contribution in [1.82, 2.24) is 0 Å². The largest absolute Gasteiger partial charge is 0.450 e. The zero-order valence-corrected chi connectivity index (χ0v) is 11.4. The first-order valence-corrected chi connectivity index (χ1v) is 6.26. The van der Waals surface area contributed by atoms with Crippen molar-refractivity contribution in [1.29, 1.82) is 0 Å². The number of nitro groups is 1. The topological polar surface area (TPSA) is 78.4 Å². The van der Waals surface area contributed by atoms with Crippen LogP contribution < -0.4 is 10.5 Å². The molecule has 0 radical (unpaired) electrons. The van der Waals surface area contributed by atoms with Crippen LogP contribution in [0.15, 0.2) is 42.5 Å². The molecule has 1 atom stereocenters. The van der Waals surface area contributed by atoms with E-state index in [2.05, 4.69) is 0 Å². The smallest absolute Gasteiger partial charge is 0.311 e. The molecule has 2 aromatic rings. The fourth-order valence-electron chi connectivity index (χ4n) is 1.92. The van der Waals surface area contributed by atoms with Crippen LogP contribution in [0.25, 0.3) is 0 Å². The Bertz CT molecular complexity index is 639. The molecule has 0 fully saturated rings. The molecule has 5 nitrogen and oxygen atoms in total. The van der Waals surface area contributed by atoms with E-state index in [0.29, 0.717) is 5.75 Å². The molecule has 20 heavy (non-hydrogen) atoms. The summed E-state index contributed by atoms with van der Waals surface area (Å²) < 4.78 is 5.72. The summed E-state index contributed by atoms with van der Waals surface area (Å²) in [5, 5.41) is 11.0. The standard InChI is InChI=1S/C15H16N2O3/c1-10-7-8-13(17(18)19)15(9-10)20-14-6-4-3-5-12(14)11(2)16/h3-9,11H,16H2,1-2H3/t11-/m0/s1. The Morgan fingerprint density at radius 3 is 2.55 bits per heavy atom. The summed E-state index contributed by atoms with van der Waals surface area (Å²) in [5.74, 6) is 0.763. The summed E-state index contributed by atoms with van der Waals surface area (Å²) in [5.41, 5.74) is 7.52. The second-order valence-electron chi connectivity index (χ2n) is 4.66. The Hall–Kier alpha value is -2.40. The third kappa shape index (κ3) is 2.95. The number of hydrogen-bond donors (Lipinski definition) is 1. The van der Waals surface area contributed by atoms with Gasteiger partial charge < -0.3 is 10.5 Å². The number of para-hydroxylation sites is 1. The van der Waals surface area contributed by atoms with Crippen LogP contribution in [0.4, 0.5) is 5.69 Å². The average molecular weight is 272 g/mol. The molecule has 0 saturated carbocycles. The van der Waals surface area contributed by atoms with Gasteiger partial charge in [-0.1, -0.05) is 24.3 Å². The Balaban J connectivity index is 2.45. The first-order valence-electron chi connectivity index (χ1n) is 6.26. The number of hydrogen-bond acceptors (Lipinski definition) is 4. The third-order valence-electron chi connectivity index (χ3n) is 2.94. The van der Waals surface area contributed by atoms with Gasteiger partial charge in [-0.2, -0.15) is 0 Å². The maximum absolute atomic E-state index is 11.0. The third-order valence-corrected chi connectivity index (χ3v) is 2.94. The van der Waals surface area contributed by atoms with E-state index in [9.17, 15) is 10.1 Å². The van der Waals surface area contributed by atoms with Crippen molar-refractivity contribution in [3.63, 3.8) is 0 Å². The van der Waals surface area contributed by atoms with E-state index in [-0.39, 0.29) is 17.5 Å². The fourth-order valence-corrected chi connectivity index (χ4v) is 1.92. The normalized spacial score (nSPS) is 11.9. The minimum Gasteiger partial charge on any atom is -0.450 e. The van der Waals surface area contributed by atoms with Gasteiger partial charge in [-0.25, -0.2) is 0 Å². The SMILES string of the molecule is Cc1ccc([N+](=O)[O-])c(Oc2ccccc2[C@H](C)N)c1. The van der Waals surface area contributed by atoms with E-state index in [1.165, 1.54) is 6.07 Å². The maximum Gasteiger partial charge on any atom is 0.311 e. The average Bonchev–Trinajstić information content (AvgIpc) is 2.38. The van der Waals surface area contributed by atoms with Gasteiger partial charge >= 0.3 is 5.69 Å². The van der Waals surface area contributed by atoms with Crippen LogP contribution >= 0.6 is 0 Å². The number of nitrogens with zero attached hydrogens (tertiary/aromatic N) is 1. The van der Waals surface area contributed by atoms with Gasteiger partial charge in [-0.3, -0.25) is 10.1 Å². The minimum absolute atomic E-state index is 0.0601. The van der Waals surface area contributed by atoms with Gasteiger partial charge in [0, 0.05) is 17.7 Å². The van der Waals surface area contributed by atoms with Crippen molar-refractivity contribution in [3.8, 4) is 11.5 Å². The molecule has 0 aliphatic heterocycles. The molecule has 0 heterocycles. The summed E-state index contributed by atoms with van der Waals surface area (Å²) in [6.07, 6.45) is 0. The van der Waals surface area contributed by atoms with Crippen LogP contribution in [-0.4, -0.2) is 4.92 Å². The van der Waals surface area contributed by atoms with Crippen molar-refractivity contribution in [2.45, 2.75) is 19.9 Å². The monoisotopic (exact) mass is 272 g/mol. The van der Waals surface area contributed by atoms with Gasteiger partial charge in [-0.05, 0) is 31.5 Å². The number of aryl methyl sites for hydroxylation is 1. The summed E-state index contributed by atoms with van der Waals surface area (Å²) in [4.78, 5) is 10.6. The second-order valence-corrected chi connectivity index (χ2v) is 4.66. The van der Waals surface area contributed by atoms with Crippen molar-refractivity contribution < 1.29 is 9.66 Å². The highest BCUT2D eigenvalue weighted by molar-refractivity contribution is 5.51. The Labute approximate surface area is 117 Å². The molecule has 2 rings (SSSR count). The van der Waals surface area contributed by atoms with Crippen LogP contribution in [-0.2, 0) is 0 Å². The number of nitrogens with two attached hydrogens (primary N) is 1. The molecular formula is C15H16N2O3. The number of rotatable bonds is 4. The Morgan fingerprint density at radius 1 is 1.20 bits per heavy atom. The fraction of sp³-hybridized carbons (Fsp3) is 0.200. The lowest BCUT2D eigenvalue weighted by Gasteiger charge is -2.13. The Kier molecular flexibility index (Phi) is 4.00. The molecular weight excluding hydrogens is 256 g/mol. The van der Waals surface area contributed by atoms with Crippen LogP contribution in [0.2, 0.25) is 0 Å². The van der Waals surface area contributed by atoms with Crippen molar-refractivity contribution in [2.75, 3.05) is 0 Å². The zero-order chi connectivity index (χ0) is 14.7. The summed E-state index contributed by atoms with van der Waals surface area (Å²) in [6, 6.07) is 11.8. The van der Waals surface area contributed by atoms with Crippen LogP contribution in [0.1, 0.15) is 24.1 Å². The number of ether oxygens (including phenoxy) is 1. The molecule has 0 spiro atoms. The second kappa shape index (κ2) is 5.71. The molecule has 0 amide bonds. The van der Waals surface area contributed by atoms with E-state index in [1.54, 1.807) is 18.2 Å². The minimum atomic E-state index is -0.455. The van der Waals surface area contributed by atoms with E-state index in [4.69, 9.17) is 10.5 Å². The molecule has 0 unspecified atom stereocenters. The highest BCUT2D eigenvalue weighted by atomic mass is 16.6. The van der Waals surface area contributed by atoms with E-state index >= 15 is 0 Å². The van der Waals surface area contributed by atoms with Gasteiger partial charge in [0.15, 0.2) is 0 Å². The van der Waals surface area contributed by atoms with Crippen LogP contribution in [0, 0.1) is 17.0 Å². The van der Waals surface area contributed by atoms with E-state index in [0.717, 1.165) is 11.1 Å². The van der Waals surface area contributed by atoms with Gasteiger partial charge in [0.2, 0.25) is 5.75 Å². The molecule has 0 aliphatic rings. The molecule has 0 bridgehead atoms. The first kappa shape index (κ1) is 14.0. The highest BCUT2D eigenvalue weighted by Crippen LogP contribution is 2.34. The van der Waals surface area contributed by atoms with E-state index < -0.39 is 4.92 Å². The first-order chi connectivity index (χ1) is 9.49. The van der Waals surface area contributed by atoms with E-state index in [1.807, 2.05) is 32.0 Å².